The number of aromatic nitrogens is 2. The maximum Gasteiger partial charge on any atom is 0.261 e. The number of hydrogen-bond donors (Lipinski definition) is 0. The Morgan fingerprint density at radius 1 is 1.11 bits per heavy atom. The summed E-state index contributed by atoms with van der Waals surface area (Å²) in [5.41, 5.74) is 6.30. The zero-order valence-electron chi connectivity index (χ0n) is 16.7. The number of fused-ring (bicyclic) bond motifs is 1. The molecule has 0 fully saturated rings. The fourth-order valence-corrected chi connectivity index (χ4v) is 3.86. The predicted octanol–water partition coefficient (Wildman–Crippen LogP) is 3.62. The number of hydrogen-bond acceptors (Lipinski definition) is 3. The van der Waals surface area contributed by atoms with Gasteiger partial charge in [-0.1, -0.05) is 42.5 Å². The number of benzene rings is 2. The molecule has 2 heterocycles. The average Bonchev–Trinajstić information content (AvgIpc) is 3.30. The van der Waals surface area contributed by atoms with Gasteiger partial charge in [-0.25, -0.2) is 0 Å². The van der Waals surface area contributed by atoms with Crippen molar-refractivity contribution in [1.29, 1.82) is 0 Å². The molecule has 4 rings (SSSR count). The lowest BCUT2D eigenvalue weighted by Gasteiger charge is -2.18. The standard InChI is InChI=1S/C23H26N4O/c1-17-21(16-24-27(17)15-14-25(2)3)23(28)26-13-12-20-19(10-7-11-22(20)26)18-8-5-4-6-9-18/h4-11,16H,12-15H2,1-3H3. The van der Waals surface area contributed by atoms with E-state index >= 15 is 0 Å². The maximum atomic E-state index is 13.3. The molecule has 2 aromatic carbocycles. The third kappa shape index (κ3) is 3.34. The highest BCUT2D eigenvalue weighted by Crippen LogP contribution is 2.37. The van der Waals surface area contributed by atoms with Gasteiger partial charge in [-0.05, 0) is 50.2 Å². The third-order valence-electron chi connectivity index (χ3n) is 5.45. The van der Waals surface area contributed by atoms with Crippen LogP contribution in [-0.4, -0.2) is 47.8 Å². The minimum Gasteiger partial charge on any atom is -0.308 e. The summed E-state index contributed by atoms with van der Waals surface area (Å²) in [5.74, 6) is 0.0394. The molecule has 0 saturated carbocycles. The van der Waals surface area contributed by atoms with E-state index in [4.69, 9.17) is 0 Å². The van der Waals surface area contributed by atoms with Gasteiger partial charge in [0.1, 0.15) is 0 Å². The summed E-state index contributed by atoms with van der Waals surface area (Å²) in [6.45, 7) is 4.36. The molecule has 1 aliphatic rings. The second-order valence-corrected chi connectivity index (χ2v) is 7.55. The van der Waals surface area contributed by atoms with Crippen LogP contribution in [0.1, 0.15) is 21.6 Å². The molecule has 0 saturated heterocycles. The summed E-state index contributed by atoms with van der Waals surface area (Å²) in [6, 6.07) is 16.6. The normalized spacial score (nSPS) is 13.2. The zero-order valence-corrected chi connectivity index (χ0v) is 16.7. The Morgan fingerprint density at radius 2 is 1.89 bits per heavy atom. The van der Waals surface area contributed by atoms with Crippen molar-refractivity contribution in [2.24, 2.45) is 0 Å². The Labute approximate surface area is 166 Å². The minimum absolute atomic E-state index is 0.0394. The largest absolute Gasteiger partial charge is 0.308 e. The highest BCUT2D eigenvalue weighted by atomic mass is 16.2. The molecular formula is C23H26N4O. The van der Waals surface area contributed by atoms with E-state index in [0.29, 0.717) is 12.1 Å². The topological polar surface area (TPSA) is 41.4 Å². The van der Waals surface area contributed by atoms with Crippen molar-refractivity contribution in [2.45, 2.75) is 19.9 Å². The van der Waals surface area contributed by atoms with Crippen molar-refractivity contribution >= 4 is 11.6 Å². The molecule has 28 heavy (non-hydrogen) atoms. The van der Waals surface area contributed by atoms with Crippen molar-refractivity contribution in [1.82, 2.24) is 14.7 Å². The van der Waals surface area contributed by atoms with Crippen LogP contribution in [0.2, 0.25) is 0 Å². The Hall–Kier alpha value is -2.92. The molecular weight excluding hydrogens is 348 g/mol. The SMILES string of the molecule is Cc1c(C(=O)N2CCc3c(-c4ccccc4)cccc32)cnn1CCN(C)C. The molecule has 1 aliphatic heterocycles. The second kappa shape index (κ2) is 7.60. The van der Waals surface area contributed by atoms with Gasteiger partial charge in [-0.15, -0.1) is 0 Å². The molecule has 0 N–H and O–H groups in total. The van der Waals surface area contributed by atoms with Crippen molar-refractivity contribution in [3.63, 3.8) is 0 Å². The quantitative estimate of drug-likeness (QED) is 0.685. The summed E-state index contributed by atoms with van der Waals surface area (Å²) in [4.78, 5) is 17.3. The molecule has 0 aliphatic carbocycles. The van der Waals surface area contributed by atoms with Gasteiger partial charge < -0.3 is 9.80 Å². The number of carbonyl (C=O) groups is 1. The molecule has 0 radical (unpaired) electrons. The van der Waals surface area contributed by atoms with Crippen molar-refractivity contribution in [3.8, 4) is 11.1 Å². The molecule has 3 aromatic rings. The Kier molecular flexibility index (Phi) is 5.01. The lowest BCUT2D eigenvalue weighted by atomic mass is 9.98. The van der Waals surface area contributed by atoms with Gasteiger partial charge in [0.2, 0.25) is 0 Å². The number of amides is 1. The van der Waals surface area contributed by atoms with Gasteiger partial charge in [0.25, 0.3) is 5.91 Å². The molecule has 1 amide bonds. The van der Waals surface area contributed by atoms with Gasteiger partial charge in [0, 0.05) is 24.5 Å². The highest BCUT2D eigenvalue weighted by molar-refractivity contribution is 6.08. The zero-order chi connectivity index (χ0) is 19.7. The monoisotopic (exact) mass is 374 g/mol. The first-order valence-corrected chi connectivity index (χ1v) is 9.72. The summed E-state index contributed by atoms with van der Waals surface area (Å²) in [6.07, 6.45) is 2.59. The van der Waals surface area contributed by atoms with Crippen LogP contribution in [0.5, 0.6) is 0 Å². The van der Waals surface area contributed by atoms with Crippen LogP contribution < -0.4 is 4.90 Å². The first kappa shape index (κ1) is 18.4. The number of carbonyl (C=O) groups excluding carboxylic acids is 1. The van der Waals surface area contributed by atoms with Crippen LogP contribution in [0.25, 0.3) is 11.1 Å². The third-order valence-corrected chi connectivity index (χ3v) is 5.45. The van der Waals surface area contributed by atoms with Crippen LogP contribution >= 0.6 is 0 Å². The summed E-state index contributed by atoms with van der Waals surface area (Å²) in [5, 5.41) is 4.44. The van der Waals surface area contributed by atoms with Crippen LogP contribution in [0, 0.1) is 6.92 Å². The van der Waals surface area contributed by atoms with Crippen LogP contribution in [-0.2, 0) is 13.0 Å². The van der Waals surface area contributed by atoms with E-state index in [2.05, 4.69) is 46.4 Å². The summed E-state index contributed by atoms with van der Waals surface area (Å²) < 4.78 is 1.92. The van der Waals surface area contributed by atoms with E-state index in [0.717, 1.165) is 30.9 Å². The van der Waals surface area contributed by atoms with Gasteiger partial charge in [0.05, 0.1) is 18.3 Å². The number of nitrogens with zero attached hydrogens (tertiary/aromatic N) is 4. The molecule has 144 valence electrons. The molecule has 5 nitrogen and oxygen atoms in total. The van der Waals surface area contributed by atoms with Gasteiger partial charge >= 0.3 is 0 Å². The van der Waals surface area contributed by atoms with E-state index in [9.17, 15) is 4.79 Å². The van der Waals surface area contributed by atoms with Crippen molar-refractivity contribution < 1.29 is 4.79 Å². The second-order valence-electron chi connectivity index (χ2n) is 7.55. The molecule has 0 unspecified atom stereocenters. The maximum absolute atomic E-state index is 13.3. The summed E-state index contributed by atoms with van der Waals surface area (Å²) >= 11 is 0. The molecule has 1 aromatic heterocycles. The molecule has 0 atom stereocenters. The van der Waals surface area contributed by atoms with E-state index < -0.39 is 0 Å². The first-order valence-electron chi connectivity index (χ1n) is 9.72. The smallest absolute Gasteiger partial charge is 0.261 e. The average molecular weight is 374 g/mol. The predicted molar refractivity (Wildman–Crippen MR) is 113 cm³/mol. The lowest BCUT2D eigenvalue weighted by Crippen LogP contribution is -2.29. The van der Waals surface area contributed by atoms with Crippen LogP contribution in [0.3, 0.4) is 0 Å². The highest BCUT2D eigenvalue weighted by Gasteiger charge is 2.29. The number of likely N-dealkylation sites (N-methyl/N-ethyl adjacent to an activating group) is 1. The number of anilines is 1. The fraction of sp³-hybridized carbons (Fsp3) is 0.304. The fourth-order valence-electron chi connectivity index (χ4n) is 3.86. The van der Waals surface area contributed by atoms with Crippen molar-refractivity contribution in [3.05, 3.63) is 71.5 Å². The van der Waals surface area contributed by atoms with E-state index in [1.54, 1.807) is 6.20 Å². The molecule has 0 spiro atoms. The number of rotatable bonds is 5. The van der Waals surface area contributed by atoms with Gasteiger partial charge in [-0.3, -0.25) is 9.48 Å². The lowest BCUT2D eigenvalue weighted by molar-refractivity contribution is 0.0988. The Bertz CT molecular complexity index is 991. The Balaban J connectivity index is 1.63. The minimum atomic E-state index is 0.0394. The van der Waals surface area contributed by atoms with E-state index in [-0.39, 0.29) is 5.91 Å². The summed E-state index contributed by atoms with van der Waals surface area (Å²) in [7, 11) is 4.08. The first-order chi connectivity index (χ1) is 13.6. The van der Waals surface area contributed by atoms with Crippen molar-refractivity contribution in [2.75, 3.05) is 32.1 Å². The van der Waals surface area contributed by atoms with Crippen LogP contribution in [0.4, 0.5) is 5.69 Å². The van der Waals surface area contributed by atoms with Gasteiger partial charge in [-0.2, -0.15) is 5.10 Å². The Morgan fingerprint density at radius 3 is 2.64 bits per heavy atom. The van der Waals surface area contributed by atoms with E-state index in [1.807, 2.05) is 42.7 Å². The van der Waals surface area contributed by atoms with E-state index in [1.165, 1.54) is 16.7 Å². The molecule has 5 heteroatoms. The van der Waals surface area contributed by atoms with Crippen LogP contribution in [0.15, 0.2) is 54.7 Å². The van der Waals surface area contributed by atoms with Gasteiger partial charge in [0.15, 0.2) is 0 Å². The molecule has 0 bridgehead atoms.